The van der Waals surface area contributed by atoms with Crippen molar-refractivity contribution < 1.29 is 14.5 Å². The number of hydrogen-bond acceptors (Lipinski definition) is 5. The number of aryl methyl sites for hydroxylation is 1. The fourth-order valence-corrected chi connectivity index (χ4v) is 2.24. The summed E-state index contributed by atoms with van der Waals surface area (Å²) in [7, 11) is 0. The van der Waals surface area contributed by atoms with Crippen LogP contribution in [0.25, 0.3) is 0 Å². The highest BCUT2D eigenvalue weighted by atomic mass is 16.6. The Hall–Kier alpha value is -3.23. The molecule has 1 heterocycles. The van der Waals surface area contributed by atoms with Gasteiger partial charge in [-0.1, -0.05) is 26.0 Å². The van der Waals surface area contributed by atoms with E-state index in [1.54, 1.807) is 0 Å². The number of rotatable bonds is 7. The van der Waals surface area contributed by atoms with Gasteiger partial charge in [-0.25, -0.2) is 0 Å². The number of benzene rings is 1. The molecule has 0 saturated carbocycles. The molecule has 9 heteroatoms. The summed E-state index contributed by atoms with van der Waals surface area (Å²) in [5.74, 6) is -0.827. The Morgan fingerprint density at radius 2 is 1.96 bits per heavy atom. The number of amides is 2. The van der Waals surface area contributed by atoms with Crippen LogP contribution in [0.4, 0.5) is 11.4 Å². The van der Waals surface area contributed by atoms with Gasteiger partial charge in [-0.3, -0.25) is 24.4 Å². The van der Waals surface area contributed by atoms with Crippen LogP contribution in [0.3, 0.4) is 0 Å². The Morgan fingerprint density at radius 1 is 1.27 bits per heavy atom. The molecule has 9 nitrogen and oxygen atoms in total. The van der Waals surface area contributed by atoms with Gasteiger partial charge in [0.2, 0.25) is 0 Å². The molecule has 0 saturated heterocycles. The Morgan fingerprint density at radius 3 is 2.58 bits per heavy atom. The van der Waals surface area contributed by atoms with Crippen molar-refractivity contribution in [1.29, 1.82) is 0 Å². The lowest BCUT2D eigenvalue weighted by atomic mass is 10.1. The van der Waals surface area contributed by atoms with Gasteiger partial charge >= 0.3 is 0 Å². The van der Waals surface area contributed by atoms with Gasteiger partial charge in [0.05, 0.1) is 10.6 Å². The zero-order chi connectivity index (χ0) is 19.3. The van der Waals surface area contributed by atoms with E-state index < -0.39 is 16.7 Å². The molecule has 138 valence electrons. The number of hydrogen-bond donors (Lipinski definition) is 2. The molecule has 0 unspecified atom stereocenters. The first-order chi connectivity index (χ1) is 12.3. The van der Waals surface area contributed by atoms with Crippen LogP contribution < -0.4 is 10.6 Å². The number of nitro benzene ring substituents is 1. The lowest BCUT2D eigenvalue weighted by Crippen LogP contribution is -2.28. The Labute approximate surface area is 150 Å². The van der Waals surface area contributed by atoms with Crippen molar-refractivity contribution in [3.8, 4) is 0 Å². The number of anilines is 1. The largest absolute Gasteiger partial charge is 0.350 e. The van der Waals surface area contributed by atoms with Crippen molar-refractivity contribution in [2.24, 2.45) is 5.92 Å². The standard InChI is InChI=1S/C17H21N5O4/c1-4-21-10-13(15(20-21)17(24)18-9-11(2)3)19-16(23)12-7-5-6-8-14(12)22(25)26/h5-8,10-11H,4,9H2,1-3H3,(H,18,24)(H,19,23). The lowest BCUT2D eigenvalue weighted by Gasteiger charge is -2.08. The minimum atomic E-state index is -0.675. The summed E-state index contributed by atoms with van der Waals surface area (Å²) in [6.45, 7) is 6.74. The minimum Gasteiger partial charge on any atom is -0.350 e. The molecule has 2 N–H and O–H groups in total. The first-order valence-corrected chi connectivity index (χ1v) is 8.23. The Kier molecular flexibility index (Phi) is 6.05. The molecule has 0 spiro atoms. The molecule has 2 rings (SSSR count). The fraction of sp³-hybridized carbons (Fsp3) is 0.353. The van der Waals surface area contributed by atoms with Crippen molar-refractivity contribution in [3.05, 3.63) is 51.8 Å². The SMILES string of the molecule is CCn1cc(NC(=O)c2ccccc2[N+](=O)[O-])c(C(=O)NCC(C)C)n1. The van der Waals surface area contributed by atoms with E-state index in [1.165, 1.54) is 35.1 Å². The van der Waals surface area contributed by atoms with E-state index in [0.717, 1.165) is 0 Å². The maximum atomic E-state index is 12.5. The molecule has 2 amide bonds. The van der Waals surface area contributed by atoms with Gasteiger partial charge in [-0.2, -0.15) is 5.10 Å². The molecule has 1 aromatic heterocycles. The molecule has 0 fully saturated rings. The molecule has 0 aliphatic heterocycles. The van der Waals surface area contributed by atoms with Gasteiger partial charge in [0.15, 0.2) is 5.69 Å². The van der Waals surface area contributed by atoms with E-state index in [-0.39, 0.29) is 28.6 Å². The number of nitro groups is 1. The van der Waals surface area contributed by atoms with Gasteiger partial charge in [0.25, 0.3) is 17.5 Å². The summed E-state index contributed by atoms with van der Waals surface area (Å²) in [5.41, 5.74) is -0.121. The smallest absolute Gasteiger partial charge is 0.282 e. The third kappa shape index (κ3) is 4.44. The maximum Gasteiger partial charge on any atom is 0.282 e. The van der Waals surface area contributed by atoms with Crippen LogP contribution in [0.15, 0.2) is 30.5 Å². The summed E-state index contributed by atoms with van der Waals surface area (Å²) in [4.78, 5) is 35.3. The van der Waals surface area contributed by atoms with E-state index in [1.807, 2.05) is 20.8 Å². The average Bonchev–Trinajstić information content (AvgIpc) is 3.02. The Bertz CT molecular complexity index is 828. The van der Waals surface area contributed by atoms with Gasteiger partial charge in [-0.15, -0.1) is 0 Å². The normalized spacial score (nSPS) is 10.6. The summed E-state index contributed by atoms with van der Waals surface area (Å²) < 4.78 is 1.51. The third-order valence-electron chi connectivity index (χ3n) is 3.57. The van der Waals surface area contributed by atoms with Crippen LogP contribution in [0.5, 0.6) is 0 Å². The Balaban J connectivity index is 2.29. The highest BCUT2D eigenvalue weighted by Crippen LogP contribution is 2.21. The summed E-state index contributed by atoms with van der Waals surface area (Å²) >= 11 is 0. The molecular formula is C17H21N5O4. The van der Waals surface area contributed by atoms with Gasteiger partial charge in [-0.05, 0) is 18.9 Å². The minimum absolute atomic E-state index is 0.0689. The van der Waals surface area contributed by atoms with Crippen molar-refractivity contribution >= 4 is 23.2 Å². The fourth-order valence-electron chi connectivity index (χ4n) is 2.24. The molecule has 2 aromatic rings. The van der Waals surface area contributed by atoms with Gasteiger partial charge in [0, 0.05) is 25.4 Å². The van der Waals surface area contributed by atoms with Crippen molar-refractivity contribution in [2.75, 3.05) is 11.9 Å². The van der Waals surface area contributed by atoms with E-state index in [0.29, 0.717) is 13.1 Å². The molecular weight excluding hydrogens is 338 g/mol. The monoisotopic (exact) mass is 359 g/mol. The van der Waals surface area contributed by atoms with Crippen molar-refractivity contribution in [3.63, 3.8) is 0 Å². The number of para-hydroxylation sites is 1. The van der Waals surface area contributed by atoms with E-state index in [2.05, 4.69) is 15.7 Å². The van der Waals surface area contributed by atoms with Gasteiger partial charge < -0.3 is 10.6 Å². The van der Waals surface area contributed by atoms with Crippen LogP contribution in [0, 0.1) is 16.0 Å². The van der Waals surface area contributed by atoms with Crippen molar-refractivity contribution in [1.82, 2.24) is 15.1 Å². The topological polar surface area (TPSA) is 119 Å². The number of carbonyl (C=O) groups excluding carboxylic acids is 2. The summed E-state index contributed by atoms with van der Waals surface area (Å²) in [6.07, 6.45) is 1.52. The van der Waals surface area contributed by atoms with Gasteiger partial charge in [0.1, 0.15) is 5.56 Å². The van der Waals surface area contributed by atoms with Crippen LogP contribution >= 0.6 is 0 Å². The molecule has 0 aliphatic carbocycles. The summed E-state index contributed by atoms with van der Waals surface area (Å²) in [5, 5.41) is 20.6. The second-order valence-electron chi connectivity index (χ2n) is 6.08. The lowest BCUT2D eigenvalue weighted by molar-refractivity contribution is -0.385. The summed E-state index contributed by atoms with van der Waals surface area (Å²) in [6, 6.07) is 5.62. The highest BCUT2D eigenvalue weighted by Gasteiger charge is 2.23. The zero-order valence-electron chi connectivity index (χ0n) is 14.9. The highest BCUT2D eigenvalue weighted by molar-refractivity contribution is 6.10. The average molecular weight is 359 g/mol. The quantitative estimate of drug-likeness (QED) is 0.581. The molecule has 0 aliphatic rings. The maximum absolute atomic E-state index is 12.5. The molecule has 0 atom stereocenters. The zero-order valence-corrected chi connectivity index (χ0v) is 14.9. The first kappa shape index (κ1) is 19.1. The van der Waals surface area contributed by atoms with Crippen LogP contribution in [-0.4, -0.2) is 33.1 Å². The van der Waals surface area contributed by atoms with Crippen LogP contribution in [0.2, 0.25) is 0 Å². The predicted molar refractivity (Wildman–Crippen MR) is 96.1 cm³/mol. The first-order valence-electron chi connectivity index (χ1n) is 8.23. The molecule has 26 heavy (non-hydrogen) atoms. The van der Waals surface area contributed by atoms with E-state index in [9.17, 15) is 19.7 Å². The third-order valence-corrected chi connectivity index (χ3v) is 3.57. The van der Waals surface area contributed by atoms with E-state index in [4.69, 9.17) is 0 Å². The van der Waals surface area contributed by atoms with E-state index >= 15 is 0 Å². The predicted octanol–water partition coefficient (Wildman–Crippen LogP) is 2.45. The van der Waals surface area contributed by atoms with Crippen LogP contribution in [0.1, 0.15) is 41.6 Å². The number of nitrogens with zero attached hydrogens (tertiary/aromatic N) is 3. The van der Waals surface area contributed by atoms with Crippen molar-refractivity contribution in [2.45, 2.75) is 27.3 Å². The number of aromatic nitrogens is 2. The second-order valence-corrected chi connectivity index (χ2v) is 6.08. The second kappa shape index (κ2) is 8.24. The molecule has 1 aromatic carbocycles. The number of carbonyl (C=O) groups is 2. The van der Waals surface area contributed by atoms with Crippen LogP contribution in [-0.2, 0) is 6.54 Å². The molecule has 0 radical (unpaired) electrons. The molecule has 0 bridgehead atoms. The number of nitrogens with one attached hydrogen (secondary N) is 2.